The molecule has 1 saturated heterocycles. The third kappa shape index (κ3) is 8.15. The number of carbonyl (C=O) groups is 3. The quantitative estimate of drug-likeness (QED) is 0.674. The SMILES string of the molecule is CC(=O)c1ccc(N2CCN(C(=O)C(COC(C)(C)C)NC(=O)OC(C)(C)C)CC2)cc1. The minimum atomic E-state index is -0.828. The smallest absolute Gasteiger partial charge is 0.408 e. The summed E-state index contributed by atoms with van der Waals surface area (Å²) in [4.78, 5) is 40.9. The fourth-order valence-corrected chi connectivity index (χ4v) is 3.27. The van der Waals surface area contributed by atoms with Gasteiger partial charge in [-0.25, -0.2) is 4.79 Å². The maximum absolute atomic E-state index is 13.2. The van der Waals surface area contributed by atoms with Crippen LogP contribution in [0.25, 0.3) is 0 Å². The zero-order valence-electron chi connectivity index (χ0n) is 20.4. The van der Waals surface area contributed by atoms with Crippen LogP contribution < -0.4 is 10.2 Å². The second-order valence-electron chi connectivity index (χ2n) is 10.0. The summed E-state index contributed by atoms with van der Waals surface area (Å²) in [6.45, 7) is 15.0. The van der Waals surface area contributed by atoms with Gasteiger partial charge in [-0.05, 0) is 72.7 Å². The lowest BCUT2D eigenvalue weighted by atomic mass is 10.1. The molecule has 8 heteroatoms. The van der Waals surface area contributed by atoms with Crippen LogP contribution in [0.15, 0.2) is 24.3 Å². The van der Waals surface area contributed by atoms with Gasteiger partial charge in [0.25, 0.3) is 0 Å². The van der Waals surface area contributed by atoms with E-state index in [1.165, 1.54) is 0 Å². The molecule has 1 heterocycles. The highest BCUT2D eigenvalue weighted by Crippen LogP contribution is 2.18. The van der Waals surface area contributed by atoms with Crippen LogP contribution in [0.5, 0.6) is 0 Å². The predicted molar refractivity (Wildman–Crippen MR) is 124 cm³/mol. The van der Waals surface area contributed by atoms with Crippen LogP contribution >= 0.6 is 0 Å². The Morgan fingerprint density at radius 3 is 1.97 bits per heavy atom. The Morgan fingerprint density at radius 2 is 1.50 bits per heavy atom. The first-order valence-electron chi connectivity index (χ1n) is 11.0. The Balaban J connectivity index is 2.01. The maximum Gasteiger partial charge on any atom is 0.408 e. The van der Waals surface area contributed by atoms with Gasteiger partial charge in [0.2, 0.25) is 5.91 Å². The molecule has 0 aromatic heterocycles. The summed E-state index contributed by atoms with van der Waals surface area (Å²) < 4.78 is 11.1. The molecular weight excluding hydrogens is 410 g/mol. The first-order chi connectivity index (χ1) is 14.7. The molecule has 0 spiro atoms. The Bertz CT molecular complexity index is 800. The van der Waals surface area contributed by atoms with E-state index in [0.29, 0.717) is 31.7 Å². The number of nitrogens with zero attached hydrogens (tertiary/aromatic N) is 2. The van der Waals surface area contributed by atoms with Gasteiger partial charge in [-0.2, -0.15) is 0 Å². The summed E-state index contributed by atoms with van der Waals surface area (Å²) >= 11 is 0. The van der Waals surface area contributed by atoms with Crippen LogP contribution in [0.3, 0.4) is 0 Å². The summed E-state index contributed by atoms with van der Waals surface area (Å²) in [6.07, 6.45) is -0.641. The van der Waals surface area contributed by atoms with Crippen molar-refractivity contribution in [2.75, 3.05) is 37.7 Å². The molecule has 1 aromatic rings. The molecule has 2 amide bonds. The minimum Gasteiger partial charge on any atom is -0.444 e. The van der Waals surface area contributed by atoms with Crippen molar-refractivity contribution in [1.82, 2.24) is 10.2 Å². The zero-order valence-corrected chi connectivity index (χ0v) is 20.4. The third-order valence-corrected chi connectivity index (χ3v) is 4.90. The first kappa shape index (κ1) is 25.6. The summed E-state index contributed by atoms with van der Waals surface area (Å²) in [5.41, 5.74) is 0.587. The van der Waals surface area contributed by atoms with Crippen molar-refractivity contribution in [2.45, 2.75) is 65.7 Å². The van der Waals surface area contributed by atoms with E-state index in [-0.39, 0.29) is 18.3 Å². The zero-order chi connectivity index (χ0) is 24.1. The van der Waals surface area contributed by atoms with Crippen molar-refractivity contribution in [3.8, 4) is 0 Å². The third-order valence-electron chi connectivity index (χ3n) is 4.90. The molecule has 0 radical (unpaired) electrons. The lowest BCUT2D eigenvalue weighted by Crippen LogP contribution is -2.57. The van der Waals surface area contributed by atoms with Gasteiger partial charge in [0.05, 0.1) is 12.2 Å². The number of piperazine rings is 1. The maximum atomic E-state index is 13.2. The molecule has 0 saturated carbocycles. The van der Waals surface area contributed by atoms with E-state index in [4.69, 9.17) is 9.47 Å². The Hall–Kier alpha value is -2.61. The number of ketones is 1. The van der Waals surface area contributed by atoms with E-state index in [2.05, 4.69) is 10.2 Å². The molecular formula is C24H37N3O5. The number of nitrogens with one attached hydrogen (secondary N) is 1. The van der Waals surface area contributed by atoms with Crippen LogP contribution in [-0.2, 0) is 14.3 Å². The summed E-state index contributed by atoms with van der Waals surface area (Å²) in [6, 6.07) is 6.67. The van der Waals surface area contributed by atoms with Gasteiger partial charge in [-0.15, -0.1) is 0 Å². The normalized spacial score (nSPS) is 15.8. The molecule has 0 aliphatic carbocycles. The number of ether oxygens (including phenoxy) is 2. The van der Waals surface area contributed by atoms with Crippen LogP contribution in [-0.4, -0.2) is 72.7 Å². The van der Waals surface area contributed by atoms with Gasteiger partial charge in [-0.1, -0.05) is 0 Å². The standard InChI is InChI=1S/C24H37N3O5/c1-17(28)18-8-10-19(11-9-18)26-12-14-27(15-13-26)21(29)20(16-31-23(2,3)4)25-22(30)32-24(5,6)7/h8-11,20H,12-16H2,1-7H3,(H,25,30). The molecule has 2 rings (SSSR count). The van der Waals surface area contributed by atoms with Gasteiger partial charge < -0.3 is 24.6 Å². The number of anilines is 1. The number of hydrogen-bond acceptors (Lipinski definition) is 6. The fourth-order valence-electron chi connectivity index (χ4n) is 3.27. The minimum absolute atomic E-state index is 0.0352. The average molecular weight is 448 g/mol. The van der Waals surface area contributed by atoms with E-state index in [1.807, 2.05) is 45.0 Å². The second-order valence-corrected chi connectivity index (χ2v) is 10.0. The van der Waals surface area contributed by atoms with Crippen LogP contribution in [0.2, 0.25) is 0 Å². The van der Waals surface area contributed by atoms with Gasteiger partial charge >= 0.3 is 6.09 Å². The number of carbonyl (C=O) groups excluding carboxylic acids is 3. The first-order valence-corrected chi connectivity index (χ1v) is 11.0. The van der Waals surface area contributed by atoms with Crippen LogP contribution in [0.1, 0.15) is 58.8 Å². The highest BCUT2D eigenvalue weighted by atomic mass is 16.6. The van der Waals surface area contributed by atoms with Gasteiger partial charge in [0, 0.05) is 37.4 Å². The number of alkyl carbamates (subject to hydrolysis) is 1. The van der Waals surface area contributed by atoms with Gasteiger partial charge in [-0.3, -0.25) is 9.59 Å². The number of benzene rings is 1. The van der Waals surface area contributed by atoms with Crippen LogP contribution in [0.4, 0.5) is 10.5 Å². The van der Waals surface area contributed by atoms with Crippen molar-refractivity contribution in [1.29, 1.82) is 0 Å². The Labute approximate surface area is 191 Å². The summed E-state index contributed by atoms with van der Waals surface area (Å²) in [7, 11) is 0. The van der Waals surface area contributed by atoms with Crippen molar-refractivity contribution in [3.05, 3.63) is 29.8 Å². The fraction of sp³-hybridized carbons (Fsp3) is 0.625. The molecule has 1 atom stereocenters. The van der Waals surface area contributed by atoms with E-state index in [0.717, 1.165) is 5.69 Å². The summed E-state index contributed by atoms with van der Waals surface area (Å²) in [5, 5.41) is 2.68. The largest absolute Gasteiger partial charge is 0.444 e. The Kier molecular flexibility index (Phi) is 8.29. The highest BCUT2D eigenvalue weighted by molar-refractivity contribution is 5.94. The predicted octanol–water partition coefficient (Wildman–Crippen LogP) is 3.25. The summed E-state index contributed by atoms with van der Waals surface area (Å²) in [5.74, 6) is -0.153. The Morgan fingerprint density at radius 1 is 0.938 bits per heavy atom. The van der Waals surface area contributed by atoms with E-state index >= 15 is 0 Å². The van der Waals surface area contributed by atoms with Crippen molar-refractivity contribution < 1.29 is 23.9 Å². The molecule has 32 heavy (non-hydrogen) atoms. The molecule has 1 aliphatic rings. The molecule has 1 fully saturated rings. The molecule has 0 bridgehead atoms. The second kappa shape index (κ2) is 10.3. The van der Waals surface area contributed by atoms with Crippen molar-refractivity contribution >= 4 is 23.5 Å². The monoisotopic (exact) mass is 447 g/mol. The molecule has 1 aliphatic heterocycles. The van der Waals surface area contributed by atoms with Crippen molar-refractivity contribution in [2.24, 2.45) is 0 Å². The lowest BCUT2D eigenvalue weighted by Gasteiger charge is -2.38. The number of rotatable bonds is 6. The molecule has 1 unspecified atom stereocenters. The number of amides is 2. The molecule has 1 N–H and O–H groups in total. The number of hydrogen-bond donors (Lipinski definition) is 1. The highest BCUT2D eigenvalue weighted by Gasteiger charge is 2.31. The number of Topliss-reactive ketones (excluding diaryl/α,β-unsaturated/α-hetero) is 1. The lowest BCUT2D eigenvalue weighted by molar-refractivity contribution is -0.137. The topological polar surface area (TPSA) is 88.2 Å². The molecule has 8 nitrogen and oxygen atoms in total. The average Bonchev–Trinajstić information content (AvgIpc) is 2.69. The van der Waals surface area contributed by atoms with Crippen LogP contribution in [0, 0.1) is 0 Å². The van der Waals surface area contributed by atoms with E-state index < -0.39 is 23.3 Å². The van der Waals surface area contributed by atoms with Gasteiger partial charge in [0.15, 0.2) is 5.78 Å². The molecule has 1 aromatic carbocycles. The molecule has 178 valence electrons. The van der Waals surface area contributed by atoms with E-state index in [1.54, 1.807) is 32.6 Å². The van der Waals surface area contributed by atoms with E-state index in [9.17, 15) is 14.4 Å². The van der Waals surface area contributed by atoms with Crippen molar-refractivity contribution in [3.63, 3.8) is 0 Å². The van der Waals surface area contributed by atoms with Gasteiger partial charge in [0.1, 0.15) is 11.6 Å².